The second-order valence-electron chi connectivity index (χ2n) is 5.21. The van der Waals surface area contributed by atoms with Gasteiger partial charge in [-0.05, 0) is 35.9 Å². The maximum atomic E-state index is 12.1. The molecule has 2 heterocycles. The molecule has 7 nitrogen and oxygen atoms in total. The van der Waals surface area contributed by atoms with Crippen molar-refractivity contribution in [3.8, 4) is 0 Å². The Balaban J connectivity index is 1.53. The summed E-state index contributed by atoms with van der Waals surface area (Å²) in [5.41, 5.74) is 3.94. The zero-order chi connectivity index (χ0) is 15.6. The van der Waals surface area contributed by atoms with Crippen LogP contribution in [0.5, 0.6) is 0 Å². The van der Waals surface area contributed by atoms with Crippen LogP contribution in [0.2, 0.25) is 0 Å². The van der Waals surface area contributed by atoms with Gasteiger partial charge in [-0.1, -0.05) is 29.5 Å². The fourth-order valence-corrected chi connectivity index (χ4v) is 2.47. The third-order valence-corrected chi connectivity index (χ3v) is 3.56. The summed E-state index contributed by atoms with van der Waals surface area (Å²) in [6.45, 7) is 0. The Morgan fingerprint density at radius 1 is 1.09 bits per heavy atom. The van der Waals surface area contributed by atoms with Crippen LogP contribution in [0.3, 0.4) is 0 Å². The zero-order valence-corrected chi connectivity index (χ0v) is 12.1. The summed E-state index contributed by atoms with van der Waals surface area (Å²) in [7, 11) is 0. The molecule has 4 rings (SSSR count). The summed E-state index contributed by atoms with van der Waals surface area (Å²) in [6.07, 6.45) is 1.45. The summed E-state index contributed by atoms with van der Waals surface area (Å²) in [5.74, 6) is -0.152. The molecule has 1 aromatic heterocycles. The Morgan fingerprint density at radius 2 is 1.96 bits per heavy atom. The van der Waals surface area contributed by atoms with Crippen molar-refractivity contribution in [2.24, 2.45) is 0 Å². The first kappa shape index (κ1) is 13.3. The first-order valence-electron chi connectivity index (χ1n) is 7.19. The molecule has 1 atom stereocenters. The lowest BCUT2D eigenvalue weighted by atomic mass is 10.1. The number of rotatable bonds is 3. The first-order valence-corrected chi connectivity index (χ1v) is 7.19. The molecule has 0 aliphatic carbocycles. The van der Waals surface area contributed by atoms with Crippen LogP contribution in [0, 0.1) is 0 Å². The van der Waals surface area contributed by atoms with Gasteiger partial charge in [0.1, 0.15) is 11.2 Å². The number of hydrogen-bond acceptors (Lipinski definition) is 5. The van der Waals surface area contributed by atoms with Gasteiger partial charge in [0.25, 0.3) is 5.91 Å². The van der Waals surface area contributed by atoms with E-state index in [4.69, 9.17) is 0 Å². The topological polar surface area (TPSA) is 94.7 Å². The Bertz CT molecular complexity index is 886. The van der Waals surface area contributed by atoms with Crippen LogP contribution in [0.1, 0.15) is 5.56 Å². The van der Waals surface area contributed by atoms with Gasteiger partial charge >= 0.3 is 0 Å². The number of carbonyl (C=O) groups is 1. The third kappa shape index (κ3) is 2.71. The summed E-state index contributed by atoms with van der Waals surface area (Å²) < 4.78 is 0. The normalized spacial score (nSPS) is 18.9. The van der Waals surface area contributed by atoms with E-state index in [0.29, 0.717) is 5.70 Å². The minimum Gasteiger partial charge on any atom is -0.348 e. The molecule has 0 spiro atoms. The van der Waals surface area contributed by atoms with Crippen LogP contribution >= 0.6 is 0 Å². The molecule has 7 heteroatoms. The van der Waals surface area contributed by atoms with Crippen LogP contribution in [0.15, 0.2) is 54.2 Å². The lowest BCUT2D eigenvalue weighted by Gasteiger charge is -2.14. The average molecular weight is 306 g/mol. The summed E-state index contributed by atoms with van der Waals surface area (Å²) in [4.78, 5) is 12.1. The van der Waals surface area contributed by atoms with Crippen LogP contribution in [0.25, 0.3) is 17.1 Å². The van der Waals surface area contributed by atoms with Gasteiger partial charge in [0.15, 0.2) is 6.29 Å². The fraction of sp³-hybridized carbons (Fsp3) is 0.0625. The minimum absolute atomic E-state index is 0.152. The van der Waals surface area contributed by atoms with Crippen molar-refractivity contribution >= 4 is 28.7 Å². The Hall–Kier alpha value is -3.35. The van der Waals surface area contributed by atoms with E-state index >= 15 is 0 Å². The van der Waals surface area contributed by atoms with Gasteiger partial charge in [0.2, 0.25) is 0 Å². The third-order valence-electron chi connectivity index (χ3n) is 3.56. The molecule has 1 unspecified atom stereocenters. The Labute approximate surface area is 131 Å². The minimum atomic E-state index is -0.339. The van der Waals surface area contributed by atoms with Gasteiger partial charge in [-0.25, -0.2) is 0 Å². The largest absolute Gasteiger partial charge is 0.348 e. The standard InChI is InChI=1S/C16H14N6O/c23-15-14(9-10-6-7-12-13(8-10)21-22-20-12)18-16(19-15)17-11-4-2-1-3-5-11/h1-9,16-18H,(H,19,23)(H,20,21,22)/b14-9-. The smallest absolute Gasteiger partial charge is 0.270 e. The highest BCUT2D eigenvalue weighted by atomic mass is 16.2. The molecule has 4 N–H and O–H groups in total. The van der Waals surface area contributed by atoms with Crippen LogP contribution in [0.4, 0.5) is 5.69 Å². The highest BCUT2D eigenvalue weighted by molar-refractivity contribution is 6.00. The number of aromatic amines is 1. The molecule has 2 aromatic carbocycles. The summed E-state index contributed by atoms with van der Waals surface area (Å²) in [5, 5.41) is 19.7. The first-order chi connectivity index (χ1) is 11.3. The number of fused-ring (bicyclic) bond motifs is 1. The molecule has 0 saturated carbocycles. The van der Waals surface area contributed by atoms with Crippen LogP contribution in [-0.2, 0) is 4.79 Å². The van der Waals surface area contributed by atoms with Gasteiger partial charge in [0.05, 0.1) is 5.52 Å². The molecular formula is C16H14N6O. The average Bonchev–Trinajstić information content (AvgIpc) is 3.15. The molecule has 1 aliphatic rings. The number of benzene rings is 2. The maximum Gasteiger partial charge on any atom is 0.270 e. The second kappa shape index (κ2) is 5.45. The lowest BCUT2D eigenvalue weighted by molar-refractivity contribution is -0.116. The molecule has 0 bridgehead atoms. The van der Waals surface area contributed by atoms with E-state index in [1.807, 2.05) is 48.5 Å². The molecule has 114 valence electrons. The molecule has 1 fully saturated rings. The van der Waals surface area contributed by atoms with Gasteiger partial charge in [-0.15, -0.1) is 5.10 Å². The highest BCUT2D eigenvalue weighted by Gasteiger charge is 2.24. The van der Waals surface area contributed by atoms with E-state index in [-0.39, 0.29) is 12.2 Å². The van der Waals surface area contributed by atoms with E-state index in [1.165, 1.54) is 0 Å². The predicted octanol–water partition coefficient (Wildman–Crippen LogP) is 1.41. The van der Waals surface area contributed by atoms with Crippen molar-refractivity contribution in [1.29, 1.82) is 0 Å². The van der Waals surface area contributed by atoms with Crippen molar-refractivity contribution in [1.82, 2.24) is 26.0 Å². The van der Waals surface area contributed by atoms with Gasteiger partial charge < -0.3 is 16.0 Å². The molecule has 1 aliphatic heterocycles. The molecular weight excluding hydrogens is 292 g/mol. The number of anilines is 1. The SMILES string of the molecule is O=C1NC(Nc2ccccc2)N/C1=C\c1ccc2nn[nH]c2c1. The number of H-pyrrole nitrogens is 1. The molecule has 0 radical (unpaired) electrons. The van der Waals surface area contributed by atoms with E-state index in [1.54, 1.807) is 6.08 Å². The number of carbonyl (C=O) groups excluding carboxylic acids is 1. The van der Waals surface area contributed by atoms with Gasteiger partial charge in [-0.2, -0.15) is 0 Å². The number of nitrogens with one attached hydrogen (secondary N) is 4. The number of aromatic nitrogens is 3. The van der Waals surface area contributed by atoms with Crippen LogP contribution < -0.4 is 16.0 Å². The fourth-order valence-electron chi connectivity index (χ4n) is 2.47. The maximum absolute atomic E-state index is 12.1. The van der Waals surface area contributed by atoms with Gasteiger partial charge in [-0.3, -0.25) is 9.89 Å². The van der Waals surface area contributed by atoms with E-state index in [0.717, 1.165) is 22.3 Å². The highest BCUT2D eigenvalue weighted by Crippen LogP contribution is 2.15. The Morgan fingerprint density at radius 3 is 2.83 bits per heavy atom. The van der Waals surface area contributed by atoms with Crippen molar-refractivity contribution in [3.63, 3.8) is 0 Å². The second-order valence-corrected chi connectivity index (χ2v) is 5.21. The monoisotopic (exact) mass is 306 g/mol. The van der Waals surface area contributed by atoms with E-state index < -0.39 is 0 Å². The van der Waals surface area contributed by atoms with Crippen molar-refractivity contribution < 1.29 is 4.79 Å². The zero-order valence-electron chi connectivity index (χ0n) is 12.1. The molecule has 23 heavy (non-hydrogen) atoms. The van der Waals surface area contributed by atoms with Crippen LogP contribution in [-0.4, -0.2) is 27.6 Å². The number of amides is 1. The van der Waals surface area contributed by atoms with Crippen molar-refractivity contribution in [3.05, 3.63) is 59.8 Å². The van der Waals surface area contributed by atoms with Crippen molar-refractivity contribution in [2.45, 2.75) is 6.29 Å². The molecule has 1 saturated heterocycles. The number of hydrogen-bond donors (Lipinski definition) is 4. The summed E-state index contributed by atoms with van der Waals surface area (Å²) >= 11 is 0. The lowest BCUT2D eigenvalue weighted by Crippen LogP contribution is -2.39. The van der Waals surface area contributed by atoms with Crippen molar-refractivity contribution in [2.75, 3.05) is 5.32 Å². The summed E-state index contributed by atoms with van der Waals surface area (Å²) in [6, 6.07) is 15.3. The molecule has 1 amide bonds. The quantitative estimate of drug-likeness (QED) is 0.549. The van der Waals surface area contributed by atoms with Gasteiger partial charge in [0, 0.05) is 5.69 Å². The predicted molar refractivity (Wildman–Crippen MR) is 87.0 cm³/mol. The Kier molecular flexibility index (Phi) is 3.16. The number of nitrogens with zero attached hydrogens (tertiary/aromatic N) is 2. The number of para-hydroxylation sites is 1. The van der Waals surface area contributed by atoms with E-state index in [9.17, 15) is 4.79 Å². The molecule has 3 aromatic rings. The van der Waals surface area contributed by atoms with E-state index in [2.05, 4.69) is 31.4 Å².